The fourth-order valence-corrected chi connectivity index (χ4v) is 2.22. The smallest absolute Gasteiger partial charge is 0.384 e. The molecule has 0 heterocycles. The van der Waals surface area contributed by atoms with Crippen molar-refractivity contribution >= 4 is 5.69 Å². The lowest BCUT2D eigenvalue weighted by Gasteiger charge is -2.30. The molecular formula is C15H23F3N2. The van der Waals surface area contributed by atoms with Gasteiger partial charge in [0.25, 0.3) is 0 Å². The first-order valence-corrected chi connectivity index (χ1v) is 6.88. The highest BCUT2D eigenvalue weighted by molar-refractivity contribution is 5.45. The van der Waals surface area contributed by atoms with Crippen LogP contribution in [-0.4, -0.2) is 30.1 Å². The van der Waals surface area contributed by atoms with Gasteiger partial charge in [-0.05, 0) is 52.0 Å². The fraction of sp³-hybridized carbons (Fsp3) is 0.600. The molecule has 0 saturated carbocycles. The number of alkyl halides is 3. The quantitative estimate of drug-likeness (QED) is 0.842. The zero-order valence-corrected chi connectivity index (χ0v) is 12.5. The number of hydrogen-bond acceptors (Lipinski definition) is 2. The molecule has 20 heavy (non-hydrogen) atoms. The molecule has 0 aromatic heterocycles. The van der Waals surface area contributed by atoms with Gasteiger partial charge in [-0.2, -0.15) is 13.2 Å². The summed E-state index contributed by atoms with van der Waals surface area (Å²) in [5.74, 6) is 0. The number of nitrogens with zero attached hydrogens (tertiary/aromatic N) is 1. The molecule has 0 aliphatic heterocycles. The molecule has 0 bridgehead atoms. The van der Waals surface area contributed by atoms with Crippen LogP contribution in [0.4, 0.5) is 18.9 Å². The Kier molecular flexibility index (Phi) is 5.87. The van der Waals surface area contributed by atoms with Gasteiger partial charge in [0.1, 0.15) is 0 Å². The highest BCUT2D eigenvalue weighted by atomic mass is 19.4. The number of rotatable bonds is 6. The molecular weight excluding hydrogens is 265 g/mol. The maximum absolute atomic E-state index is 12.4. The predicted molar refractivity (Wildman–Crippen MR) is 76.9 cm³/mol. The Hall–Kier alpha value is -1.23. The fourth-order valence-electron chi connectivity index (χ4n) is 2.22. The van der Waals surface area contributed by atoms with Crippen molar-refractivity contribution in [3.63, 3.8) is 0 Å². The van der Waals surface area contributed by atoms with E-state index < -0.39 is 11.7 Å². The number of hydrogen-bond donors (Lipinski definition) is 1. The molecule has 0 unspecified atom stereocenters. The van der Waals surface area contributed by atoms with Crippen molar-refractivity contribution in [1.29, 1.82) is 0 Å². The highest BCUT2D eigenvalue weighted by Gasteiger charge is 2.29. The number of halogens is 3. The number of nitrogens with one attached hydrogen (secondary N) is 1. The normalized spacial score (nSPS) is 12.5. The minimum atomic E-state index is -4.27. The molecule has 1 rings (SSSR count). The molecule has 0 aliphatic carbocycles. The molecule has 1 N–H and O–H groups in total. The summed E-state index contributed by atoms with van der Waals surface area (Å²) in [5, 5.41) is 3.15. The minimum Gasteiger partial charge on any atom is -0.384 e. The van der Waals surface area contributed by atoms with Crippen LogP contribution >= 0.6 is 0 Å². The van der Waals surface area contributed by atoms with E-state index in [1.807, 2.05) is 0 Å². The largest absolute Gasteiger partial charge is 0.416 e. The molecule has 1 aromatic rings. The van der Waals surface area contributed by atoms with Crippen LogP contribution < -0.4 is 5.32 Å². The highest BCUT2D eigenvalue weighted by Crippen LogP contribution is 2.29. The zero-order valence-electron chi connectivity index (χ0n) is 12.5. The Bertz CT molecular complexity index is 389. The summed E-state index contributed by atoms with van der Waals surface area (Å²) in [6.45, 7) is 10.1. The van der Waals surface area contributed by atoms with E-state index >= 15 is 0 Å². The van der Waals surface area contributed by atoms with Gasteiger partial charge in [0.15, 0.2) is 0 Å². The molecule has 0 saturated heterocycles. The summed E-state index contributed by atoms with van der Waals surface area (Å²) in [6.07, 6.45) is -4.27. The van der Waals surface area contributed by atoms with Gasteiger partial charge in [-0.15, -0.1) is 0 Å². The summed E-state index contributed by atoms with van der Waals surface area (Å²) < 4.78 is 37.3. The van der Waals surface area contributed by atoms with Crippen LogP contribution in [0.2, 0.25) is 0 Å². The molecule has 0 fully saturated rings. The molecule has 0 atom stereocenters. The number of benzene rings is 1. The second-order valence-electron chi connectivity index (χ2n) is 5.43. The van der Waals surface area contributed by atoms with Gasteiger partial charge < -0.3 is 5.32 Å². The van der Waals surface area contributed by atoms with Crippen LogP contribution in [-0.2, 0) is 6.18 Å². The van der Waals surface area contributed by atoms with Gasteiger partial charge in [-0.25, -0.2) is 0 Å². The van der Waals surface area contributed by atoms with Crippen molar-refractivity contribution in [2.45, 2.75) is 46.0 Å². The molecule has 1 aromatic carbocycles. The first kappa shape index (κ1) is 16.8. The monoisotopic (exact) mass is 288 g/mol. The summed E-state index contributed by atoms with van der Waals surface area (Å²) in [4.78, 5) is 2.33. The number of anilines is 1. The average Bonchev–Trinajstić information content (AvgIpc) is 2.33. The third-order valence-corrected chi connectivity index (χ3v) is 3.24. The standard InChI is InChI=1S/C15H23F3N2/c1-11(2)20(12(3)4)10-9-19-14-7-5-13(6-8-14)15(16,17)18/h5-8,11-12,19H,9-10H2,1-4H3. The summed E-state index contributed by atoms with van der Waals surface area (Å²) in [7, 11) is 0. The van der Waals surface area contributed by atoms with Crippen LogP contribution in [0.25, 0.3) is 0 Å². The van der Waals surface area contributed by atoms with E-state index in [0.29, 0.717) is 24.3 Å². The molecule has 0 aliphatic rings. The average molecular weight is 288 g/mol. The SMILES string of the molecule is CC(C)N(CCNc1ccc(C(F)(F)F)cc1)C(C)C. The van der Waals surface area contributed by atoms with E-state index in [9.17, 15) is 13.2 Å². The first-order chi connectivity index (χ1) is 9.21. The van der Waals surface area contributed by atoms with Crippen LogP contribution in [0.1, 0.15) is 33.3 Å². The Labute approximate surface area is 119 Å². The molecule has 2 nitrogen and oxygen atoms in total. The maximum Gasteiger partial charge on any atom is 0.416 e. The molecule has 0 spiro atoms. The van der Waals surface area contributed by atoms with E-state index in [1.54, 1.807) is 0 Å². The van der Waals surface area contributed by atoms with Crippen molar-refractivity contribution in [3.8, 4) is 0 Å². The van der Waals surface area contributed by atoms with Crippen molar-refractivity contribution < 1.29 is 13.2 Å². The van der Waals surface area contributed by atoms with E-state index in [0.717, 1.165) is 18.7 Å². The first-order valence-electron chi connectivity index (χ1n) is 6.88. The van der Waals surface area contributed by atoms with E-state index in [4.69, 9.17) is 0 Å². The van der Waals surface area contributed by atoms with Crippen molar-refractivity contribution in [2.75, 3.05) is 18.4 Å². The Morgan fingerprint density at radius 3 is 1.90 bits per heavy atom. The Morgan fingerprint density at radius 1 is 1.00 bits per heavy atom. The van der Waals surface area contributed by atoms with E-state index in [1.165, 1.54) is 12.1 Å². The van der Waals surface area contributed by atoms with Gasteiger partial charge in [0.2, 0.25) is 0 Å². The second kappa shape index (κ2) is 6.97. The van der Waals surface area contributed by atoms with Gasteiger partial charge >= 0.3 is 6.18 Å². The van der Waals surface area contributed by atoms with Gasteiger partial charge in [-0.1, -0.05) is 0 Å². The van der Waals surface area contributed by atoms with Gasteiger partial charge in [0.05, 0.1) is 5.56 Å². The summed E-state index contributed by atoms with van der Waals surface area (Å²) in [5.41, 5.74) is 0.0968. The lowest BCUT2D eigenvalue weighted by atomic mass is 10.2. The topological polar surface area (TPSA) is 15.3 Å². The lowest BCUT2D eigenvalue weighted by Crippen LogP contribution is -2.40. The molecule has 5 heteroatoms. The van der Waals surface area contributed by atoms with Crippen LogP contribution in [0.5, 0.6) is 0 Å². The van der Waals surface area contributed by atoms with Gasteiger partial charge in [0, 0.05) is 30.9 Å². The third kappa shape index (κ3) is 5.04. The van der Waals surface area contributed by atoms with Crippen molar-refractivity contribution in [3.05, 3.63) is 29.8 Å². The lowest BCUT2D eigenvalue weighted by molar-refractivity contribution is -0.137. The Balaban J connectivity index is 2.50. The zero-order chi connectivity index (χ0) is 15.3. The maximum atomic E-state index is 12.4. The van der Waals surface area contributed by atoms with Gasteiger partial charge in [-0.3, -0.25) is 4.90 Å². The van der Waals surface area contributed by atoms with Crippen LogP contribution in [0.15, 0.2) is 24.3 Å². The summed E-state index contributed by atoms with van der Waals surface area (Å²) in [6, 6.07) is 6.04. The van der Waals surface area contributed by atoms with Crippen molar-refractivity contribution in [2.24, 2.45) is 0 Å². The molecule has 0 amide bonds. The molecule has 114 valence electrons. The van der Waals surface area contributed by atoms with E-state index in [-0.39, 0.29) is 0 Å². The minimum absolute atomic E-state index is 0.449. The third-order valence-electron chi connectivity index (χ3n) is 3.24. The van der Waals surface area contributed by atoms with Crippen LogP contribution in [0.3, 0.4) is 0 Å². The molecule has 0 radical (unpaired) electrons. The van der Waals surface area contributed by atoms with Crippen LogP contribution in [0, 0.1) is 0 Å². The summed E-state index contributed by atoms with van der Waals surface area (Å²) >= 11 is 0. The van der Waals surface area contributed by atoms with E-state index in [2.05, 4.69) is 37.9 Å². The second-order valence-corrected chi connectivity index (χ2v) is 5.43. The van der Waals surface area contributed by atoms with Crippen molar-refractivity contribution in [1.82, 2.24) is 4.90 Å². The predicted octanol–water partition coefficient (Wildman–Crippen LogP) is 4.24. The Morgan fingerprint density at radius 2 is 1.50 bits per heavy atom.